The van der Waals surface area contributed by atoms with Gasteiger partial charge < -0.3 is 9.88 Å². The number of benzene rings is 3. The average molecular weight is 470 g/mol. The predicted octanol–water partition coefficient (Wildman–Crippen LogP) is 7.41. The third kappa shape index (κ3) is 4.75. The highest BCUT2D eigenvalue weighted by Gasteiger charge is 2.13. The molecule has 6 heteroatoms. The summed E-state index contributed by atoms with van der Waals surface area (Å²) >= 11 is 7.37. The number of nitrogens with zero attached hydrogens (tertiary/aromatic N) is 2. The number of anilines is 1. The maximum absolute atomic E-state index is 12.8. The van der Waals surface area contributed by atoms with Crippen molar-refractivity contribution >= 4 is 56.7 Å². The molecule has 0 bridgehead atoms. The molecule has 2 heterocycles. The van der Waals surface area contributed by atoms with Gasteiger partial charge in [0, 0.05) is 46.1 Å². The van der Waals surface area contributed by atoms with Crippen LogP contribution in [-0.2, 0) is 6.54 Å². The summed E-state index contributed by atoms with van der Waals surface area (Å²) in [5.41, 5.74) is 4.63. The van der Waals surface area contributed by atoms with Gasteiger partial charge in [0.15, 0.2) is 0 Å². The fraction of sp³-hybridized carbons (Fsp3) is 0.0370. The van der Waals surface area contributed by atoms with Crippen molar-refractivity contribution in [3.05, 3.63) is 118 Å². The highest BCUT2D eigenvalue weighted by molar-refractivity contribution is 7.14. The molecule has 1 amide bonds. The lowest BCUT2D eigenvalue weighted by Gasteiger charge is -2.05. The van der Waals surface area contributed by atoms with E-state index in [2.05, 4.69) is 57.5 Å². The summed E-state index contributed by atoms with van der Waals surface area (Å²) in [6, 6.07) is 27.5. The van der Waals surface area contributed by atoms with Crippen LogP contribution >= 0.6 is 22.9 Å². The third-order valence-electron chi connectivity index (χ3n) is 5.33. The number of carbonyl (C=O) groups excluding carboxylic acids is 1. The first kappa shape index (κ1) is 21.2. The lowest BCUT2D eigenvalue weighted by molar-refractivity contribution is 0.102. The average Bonchev–Trinajstić information content (AvgIpc) is 3.45. The summed E-state index contributed by atoms with van der Waals surface area (Å²) in [4.78, 5) is 17.5. The lowest BCUT2D eigenvalue weighted by atomic mass is 10.2. The van der Waals surface area contributed by atoms with E-state index in [1.54, 1.807) is 30.3 Å². The van der Waals surface area contributed by atoms with Crippen LogP contribution in [0.25, 0.3) is 10.9 Å². The first-order chi connectivity index (χ1) is 16.2. The molecule has 4 nitrogen and oxygen atoms in total. The molecule has 0 unspecified atom stereocenters. The lowest BCUT2D eigenvalue weighted by Crippen LogP contribution is -2.10. The number of carbonyl (C=O) groups is 1. The number of hydrogen-bond acceptors (Lipinski definition) is 3. The van der Waals surface area contributed by atoms with E-state index in [4.69, 9.17) is 11.6 Å². The first-order valence-corrected chi connectivity index (χ1v) is 11.7. The van der Waals surface area contributed by atoms with Crippen molar-refractivity contribution in [3.8, 4) is 0 Å². The standard InChI is InChI=1S/C27H20ClN3OS/c28-21-10-12-22(13-11-21)30-26(32)24-14-15-33-27(24)29-16-20-18-31(17-19-6-2-1-3-7-19)25-9-5-4-8-23(20)25/h1-16,18H,17H2,(H,30,32)/b29-16+. The molecule has 0 saturated heterocycles. The van der Waals surface area contributed by atoms with Gasteiger partial charge in [0.25, 0.3) is 5.91 Å². The zero-order valence-corrected chi connectivity index (χ0v) is 19.2. The normalized spacial score (nSPS) is 11.3. The van der Waals surface area contributed by atoms with E-state index in [0.717, 1.165) is 23.0 Å². The predicted molar refractivity (Wildman–Crippen MR) is 138 cm³/mol. The number of aromatic nitrogens is 1. The highest BCUT2D eigenvalue weighted by Crippen LogP contribution is 2.29. The molecule has 0 atom stereocenters. The maximum atomic E-state index is 12.8. The van der Waals surface area contributed by atoms with Crippen molar-refractivity contribution in [3.63, 3.8) is 0 Å². The van der Waals surface area contributed by atoms with Gasteiger partial charge >= 0.3 is 0 Å². The number of aliphatic imine (C=N–C) groups is 1. The summed E-state index contributed by atoms with van der Waals surface area (Å²) < 4.78 is 2.23. The van der Waals surface area contributed by atoms with Crippen LogP contribution in [0.3, 0.4) is 0 Å². The van der Waals surface area contributed by atoms with E-state index in [-0.39, 0.29) is 5.91 Å². The van der Waals surface area contributed by atoms with Gasteiger partial charge in [0.1, 0.15) is 5.00 Å². The van der Waals surface area contributed by atoms with Gasteiger partial charge in [-0.3, -0.25) is 4.79 Å². The van der Waals surface area contributed by atoms with E-state index < -0.39 is 0 Å². The molecule has 0 aliphatic heterocycles. The third-order valence-corrected chi connectivity index (χ3v) is 6.40. The second-order valence-corrected chi connectivity index (χ2v) is 8.90. The van der Waals surface area contributed by atoms with Crippen LogP contribution in [0.15, 0.2) is 101 Å². The Morgan fingerprint density at radius 1 is 0.970 bits per heavy atom. The summed E-state index contributed by atoms with van der Waals surface area (Å²) in [6.07, 6.45) is 3.96. The van der Waals surface area contributed by atoms with Crippen molar-refractivity contribution in [2.75, 3.05) is 5.32 Å². The number of hydrogen-bond donors (Lipinski definition) is 1. The Labute approximate surface area is 200 Å². The quantitative estimate of drug-likeness (QED) is 0.258. The highest BCUT2D eigenvalue weighted by atomic mass is 35.5. The molecule has 5 aromatic rings. The van der Waals surface area contributed by atoms with Gasteiger partial charge in [0.2, 0.25) is 0 Å². The monoisotopic (exact) mass is 469 g/mol. The van der Waals surface area contributed by atoms with Crippen LogP contribution in [0.4, 0.5) is 10.7 Å². The Morgan fingerprint density at radius 3 is 2.55 bits per heavy atom. The van der Waals surface area contributed by atoms with Crippen LogP contribution in [-0.4, -0.2) is 16.7 Å². The molecule has 0 saturated carbocycles. The van der Waals surface area contributed by atoms with Crippen molar-refractivity contribution in [2.45, 2.75) is 6.54 Å². The smallest absolute Gasteiger partial charge is 0.258 e. The molecule has 2 aromatic heterocycles. The number of thiophene rings is 1. The van der Waals surface area contributed by atoms with Gasteiger partial charge in [-0.25, -0.2) is 4.99 Å². The Balaban J connectivity index is 1.41. The molecule has 0 aliphatic rings. The number of amides is 1. The molecule has 0 fully saturated rings. The Morgan fingerprint density at radius 2 is 1.73 bits per heavy atom. The Kier molecular flexibility index (Phi) is 6.07. The first-order valence-electron chi connectivity index (χ1n) is 10.5. The minimum Gasteiger partial charge on any atom is -0.342 e. The Bertz CT molecular complexity index is 1440. The van der Waals surface area contributed by atoms with Gasteiger partial charge in [-0.05, 0) is 47.3 Å². The zero-order valence-electron chi connectivity index (χ0n) is 17.6. The van der Waals surface area contributed by atoms with Crippen LogP contribution in [0.1, 0.15) is 21.5 Å². The summed E-state index contributed by atoms with van der Waals surface area (Å²) in [6.45, 7) is 0.781. The van der Waals surface area contributed by atoms with Crippen LogP contribution in [0, 0.1) is 0 Å². The van der Waals surface area contributed by atoms with E-state index >= 15 is 0 Å². The fourth-order valence-corrected chi connectivity index (χ4v) is 4.58. The Hall–Kier alpha value is -3.67. The SMILES string of the molecule is O=C(Nc1ccc(Cl)cc1)c1ccsc1/N=C/c1cn(Cc2ccccc2)c2ccccc12. The number of rotatable bonds is 6. The molecule has 1 N–H and O–H groups in total. The molecule has 33 heavy (non-hydrogen) atoms. The number of para-hydroxylation sites is 1. The number of nitrogens with one attached hydrogen (secondary N) is 1. The molecule has 0 radical (unpaired) electrons. The topological polar surface area (TPSA) is 46.4 Å². The molecule has 162 valence electrons. The van der Waals surface area contributed by atoms with E-state index in [1.807, 2.05) is 29.8 Å². The summed E-state index contributed by atoms with van der Waals surface area (Å²) in [5, 5.41) is 7.20. The number of fused-ring (bicyclic) bond motifs is 1. The second-order valence-electron chi connectivity index (χ2n) is 7.57. The van der Waals surface area contributed by atoms with Crippen molar-refractivity contribution in [1.29, 1.82) is 0 Å². The van der Waals surface area contributed by atoms with Crippen molar-refractivity contribution < 1.29 is 4.79 Å². The van der Waals surface area contributed by atoms with Gasteiger partial charge in [-0.1, -0.05) is 60.1 Å². The molecular weight excluding hydrogens is 450 g/mol. The van der Waals surface area contributed by atoms with Gasteiger partial charge in [0.05, 0.1) is 5.56 Å². The van der Waals surface area contributed by atoms with Gasteiger partial charge in [-0.15, -0.1) is 11.3 Å². The maximum Gasteiger partial charge on any atom is 0.258 e. The molecule has 0 aliphatic carbocycles. The van der Waals surface area contributed by atoms with Crippen LogP contribution in [0.2, 0.25) is 5.02 Å². The molecule has 0 spiro atoms. The largest absolute Gasteiger partial charge is 0.342 e. The second kappa shape index (κ2) is 9.45. The van der Waals surface area contributed by atoms with Gasteiger partial charge in [-0.2, -0.15) is 0 Å². The minimum atomic E-state index is -0.197. The van der Waals surface area contributed by atoms with Crippen LogP contribution in [0.5, 0.6) is 0 Å². The van der Waals surface area contributed by atoms with E-state index in [9.17, 15) is 4.79 Å². The summed E-state index contributed by atoms with van der Waals surface area (Å²) in [7, 11) is 0. The van der Waals surface area contributed by atoms with Crippen molar-refractivity contribution in [1.82, 2.24) is 4.57 Å². The van der Waals surface area contributed by atoms with Crippen LogP contribution < -0.4 is 5.32 Å². The van der Waals surface area contributed by atoms with E-state index in [0.29, 0.717) is 21.3 Å². The number of halogens is 1. The fourth-order valence-electron chi connectivity index (χ4n) is 3.72. The van der Waals surface area contributed by atoms with E-state index in [1.165, 1.54) is 16.9 Å². The van der Waals surface area contributed by atoms with Crippen molar-refractivity contribution in [2.24, 2.45) is 4.99 Å². The summed E-state index contributed by atoms with van der Waals surface area (Å²) in [5.74, 6) is -0.197. The molecule has 5 rings (SSSR count). The minimum absolute atomic E-state index is 0.197. The molecule has 3 aromatic carbocycles. The molecular formula is C27H20ClN3OS. The zero-order chi connectivity index (χ0) is 22.6.